The van der Waals surface area contributed by atoms with Crippen molar-refractivity contribution in [2.75, 3.05) is 52.6 Å². The van der Waals surface area contributed by atoms with Crippen molar-refractivity contribution >= 4 is 37.7 Å². The number of esters is 1. The minimum atomic E-state index is -5.18. The van der Waals surface area contributed by atoms with Gasteiger partial charge >= 0.3 is 5.97 Å². The third-order valence-corrected chi connectivity index (χ3v) is 9.39. The molecule has 0 aliphatic rings. The summed E-state index contributed by atoms with van der Waals surface area (Å²) in [5.41, 5.74) is 4.29. The molecule has 1 aromatic rings. The molecule has 0 radical (unpaired) electrons. The summed E-state index contributed by atoms with van der Waals surface area (Å²) in [6.45, 7) is 5.99. The standard InChI is InChI=1S/C25H38F4N6O8S2/c1-7-25(4,23(37)43-13-12-35(5,6)11-8-14-44(38,39)40)15-24(2,3)22(36)31-9-10-32-45(41,42)21-18(28)16(26)20(33-34-30)17(27)19(21)29/h32H,7-15H2,1-6H3,(H-,31,36,38,39,40). The molecule has 1 amide bonds. The number of nitrogens with one attached hydrogen (secondary N) is 2. The Morgan fingerprint density at radius 2 is 1.56 bits per heavy atom. The molecule has 1 rings (SSSR count). The zero-order valence-electron chi connectivity index (χ0n) is 25.7. The number of carbonyl (C=O) groups is 2. The Labute approximate surface area is 259 Å². The number of ether oxygens (including phenoxy) is 1. The largest absolute Gasteiger partial charge is 0.748 e. The first-order chi connectivity index (χ1) is 20.4. The highest BCUT2D eigenvalue weighted by Gasteiger charge is 2.42. The number of quaternary nitrogens is 1. The zero-order chi connectivity index (χ0) is 35.0. The van der Waals surface area contributed by atoms with E-state index in [1.54, 1.807) is 32.7 Å². The van der Waals surface area contributed by atoms with Crippen molar-refractivity contribution in [3.63, 3.8) is 0 Å². The van der Waals surface area contributed by atoms with Gasteiger partial charge in [0.1, 0.15) is 18.8 Å². The Hall–Kier alpha value is -3.03. The molecule has 45 heavy (non-hydrogen) atoms. The maximum atomic E-state index is 14.3. The van der Waals surface area contributed by atoms with E-state index in [2.05, 4.69) is 10.4 Å². The number of rotatable bonds is 18. The summed E-state index contributed by atoms with van der Waals surface area (Å²) in [6.07, 6.45) is 0.421. The van der Waals surface area contributed by atoms with Crippen LogP contribution in [0.3, 0.4) is 0 Å². The Kier molecular flexibility index (Phi) is 13.8. The third kappa shape index (κ3) is 11.4. The van der Waals surface area contributed by atoms with Crippen LogP contribution >= 0.6 is 0 Å². The topological polar surface area (TPSA) is 208 Å². The molecule has 256 valence electrons. The molecule has 1 aromatic carbocycles. The first-order valence-corrected chi connectivity index (χ1v) is 16.6. The zero-order valence-corrected chi connectivity index (χ0v) is 27.4. The van der Waals surface area contributed by atoms with Gasteiger partial charge in [0, 0.05) is 35.6 Å². The molecule has 0 aliphatic carbocycles. The molecule has 0 heterocycles. The fourth-order valence-electron chi connectivity index (χ4n) is 4.38. The van der Waals surface area contributed by atoms with E-state index in [1.807, 2.05) is 4.91 Å². The van der Waals surface area contributed by atoms with Crippen molar-refractivity contribution in [3.05, 3.63) is 33.7 Å². The van der Waals surface area contributed by atoms with E-state index in [-0.39, 0.29) is 30.4 Å². The van der Waals surface area contributed by atoms with Crippen LogP contribution in [0, 0.1) is 34.1 Å². The van der Waals surface area contributed by atoms with Crippen LogP contribution in [0.25, 0.3) is 10.4 Å². The lowest BCUT2D eigenvalue weighted by Gasteiger charge is -2.35. The highest BCUT2D eigenvalue weighted by molar-refractivity contribution is 7.89. The molecule has 0 saturated carbocycles. The first-order valence-electron chi connectivity index (χ1n) is 13.6. The summed E-state index contributed by atoms with van der Waals surface area (Å²) in [4.78, 5) is 26.0. The van der Waals surface area contributed by atoms with E-state index < -0.39 is 95.5 Å². The Morgan fingerprint density at radius 1 is 1.00 bits per heavy atom. The lowest BCUT2D eigenvalue weighted by Crippen LogP contribution is -2.46. The van der Waals surface area contributed by atoms with Gasteiger partial charge in [-0.05, 0) is 25.3 Å². The molecule has 0 bridgehead atoms. The van der Waals surface area contributed by atoms with Gasteiger partial charge in [-0.15, -0.1) is 0 Å². The number of amides is 1. The monoisotopic (exact) mass is 690 g/mol. The van der Waals surface area contributed by atoms with Gasteiger partial charge in [0.05, 0.1) is 36.2 Å². The van der Waals surface area contributed by atoms with E-state index >= 15 is 0 Å². The van der Waals surface area contributed by atoms with E-state index in [0.717, 1.165) is 0 Å². The maximum absolute atomic E-state index is 14.3. The molecule has 20 heteroatoms. The number of hydrogen-bond acceptors (Lipinski definition) is 9. The van der Waals surface area contributed by atoms with Crippen molar-refractivity contribution in [1.82, 2.24) is 10.0 Å². The molecule has 0 aromatic heterocycles. The van der Waals surface area contributed by atoms with Crippen LogP contribution in [0.2, 0.25) is 0 Å². The van der Waals surface area contributed by atoms with Crippen LogP contribution in [0.15, 0.2) is 10.0 Å². The van der Waals surface area contributed by atoms with E-state index in [0.29, 0.717) is 13.1 Å². The maximum Gasteiger partial charge on any atom is 0.312 e. The van der Waals surface area contributed by atoms with Crippen LogP contribution in [-0.4, -0.2) is 90.4 Å². The number of halogens is 4. The molecule has 0 fully saturated rings. The van der Waals surface area contributed by atoms with E-state index in [1.165, 1.54) is 13.8 Å². The van der Waals surface area contributed by atoms with Crippen molar-refractivity contribution in [2.24, 2.45) is 15.9 Å². The Bertz CT molecular complexity index is 1500. The number of carbonyl (C=O) groups excluding carboxylic acids is 2. The van der Waals surface area contributed by atoms with Gasteiger partial charge in [-0.1, -0.05) is 25.9 Å². The van der Waals surface area contributed by atoms with Crippen LogP contribution < -0.4 is 10.0 Å². The molecule has 1 unspecified atom stereocenters. The first kappa shape index (κ1) is 40.0. The molecule has 1 atom stereocenters. The Morgan fingerprint density at radius 3 is 2.04 bits per heavy atom. The molecule has 0 saturated heterocycles. The fraction of sp³-hybridized carbons (Fsp3) is 0.680. The summed E-state index contributed by atoms with van der Waals surface area (Å²) in [7, 11) is -5.95. The van der Waals surface area contributed by atoms with Crippen LogP contribution in [0.4, 0.5) is 23.2 Å². The van der Waals surface area contributed by atoms with Gasteiger partial charge in [0.25, 0.3) is 0 Å². The van der Waals surface area contributed by atoms with Crippen molar-refractivity contribution in [3.8, 4) is 0 Å². The highest BCUT2D eigenvalue weighted by atomic mass is 32.2. The number of hydrogen-bond donors (Lipinski definition) is 2. The third-order valence-electron chi connectivity index (χ3n) is 7.12. The molecular weight excluding hydrogens is 652 g/mol. The number of sulfonamides is 1. The summed E-state index contributed by atoms with van der Waals surface area (Å²) in [5, 5.41) is 4.91. The van der Waals surface area contributed by atoms with Gasteiger partial charge in [-0.2, -0.15) is 0 Å². The van der Waals surface area contributed by atoms with Gasteiger partial charge in [-0.25, -0.2) is 39.1 Å². The van der Waals surface area contributed by atoms with Gasteiger partial charge < -0.3 is 19.1 Å². The SMILES string of the molecule is CCC(C)(CC(C)(C)C(=O)NCCNS(=O)(=O)c1c(F)c(F)c(N=[N+]=[N-])c(F)c1F)C(=O)OCC[N+](C)(C)CCCS(=O)(=O)[O-]. The lowest BCUT2D eigenvalue weighted by atomic mass is 9.72. The van der Waals surface area contributed by atoms with Crippen molar-refractivity contribution in [2.45, 2.75) is 51.9 Å². The van der Waals surface area contributed by atoms with Crippen LogP contribution in [0.5, 0.6) is 0 Å². The number of benzene rings is 1. The predicted molar refractivity (Wildman–Crippen MR) is 152 cm³/mol. The minimum Gasteiger partial charge on any atom is -0.748 e. The second-order valence-electron chi connectivity index (χ2n) is 11.9. The van der Waals surface area contributed by atoms with E-state index in [4.69, 9.17) is 10.3 Å². The van der Waals surface area contributed by atoms with Crippen LogP contribution in [-0.2, 0) is 34.5 Å². The average Bonchev–Trinajstić information content (AvgIpc) is 2.90. The van der Waals surface area contributed by atoms with Crippen molar-refractivity contribution in [1.29, 1.82) is 0 Å². The summed E-state index contributed by atoms with van der Waals surface area (Å²) in [5.74, 6) is -10.7. The summed E-state index contributed by atoms with van der Waals surface area (Å²) < 4.78 is 121. The Balaban J connectivity index is 2.80. The van der Waals surface area contributed by atoms with Crippen LogP contribution in [0.1, 0.15) is 47.0 Å². The smallest absolute Gasteiger partial charge is 0.312 e. The number of likely N-dealkylation sites (N-methyl/N-ethyl adjacent to an activating group) is 1. The van der Waals surface area contributed by atoms with Gasteiger partial charge in [-0.3, -0.25) is 9.59 Å². The number of azide groups is 1. The second-order valence-corrected chi connectivity index (χ2v) is 15.1. The minimum absolute atomic E-state index is 0.000985. The molecular formula is C25H38F4N6O8S2. The van der Waals surface area contributed by atoms with Crippen molar-refractivity contribution < 1.29 is 57.8 Å². The predicted octanol–water partition coefficient (Wildman–Crippen LogP) is 2.97. The molecule has 14 nitrogen and oxygen atoms in total. The van der Waals surface area contributed by atoms with Gasteiger partial charge in [0.2, 0.25) is 15.9 Å². The normalized spacial score (nSPS) is 13.9. The molecule has 2 N–H and O–H groups in total. The number of nitrogens with zero attached hydrogens (tertiary/aromatic N) is 4. The molecule has 0 aliphatic heterocycles. The summed E-state index contributed by atoms with van der Waals surface area (Å²) >= 11 is 0. The summed E-state index contributed by atoms with van der Waals surface area (Å²) in [6, 6.07) is 0. The average molecular weight is 691 g/mol. The van der Waals surface area contributed by atoms with E-state index in [9.17, 15) is 48.5 Å². The highest BCUT2D eigenvalue weighted by Crippen LogP contribution is 2.38. The van der Waals surface area contributed by atoms with Gasteiger partial charge in [0.15, 0.2) is 28.2 Å². The second kappa shape index (κ2) is 15.5. The quantitative estimate of drug-likeness (QED) is 0.0269. The fourth-order valence-corrected chi connectivity index (χ4v) is 6.03. The lowest BCUT2D eigenvalue weighted by molar-refractivity contribution is -0.890. The molecule has 0 spiro atoms.